The molecule has 0 aliphatic heterocycles. The van der Waals surface area contributed by atoms with Crippen LogP contribution in [0, 0.1) is 0 Å². The minimum Gasteiger partial charge on any atom is -0.479 e. The topological polar surface area (TPSA) is 37.3 Å². The predicted molar refractivity (Wildman–Crippen MR) is 33.5 cm³/mol. The Morgan fingerprint density at radius 3 is 1.75 bits per heavy atom. The van der Waals surface area contributed by atoms with Crippen molar-refractivity contribution in [3.63, 3.8) is 0 Å². The van der Waals surface area contributed by atoms with Crippen molar-refractivity contribution in [2.45, 2.75) is 11.3 Å². The number of hydrogen-bond acceptors (Lipinski definition) is 1. The molecule has 0 spiro atoms. The quantitative estimate of drug-likeness (QED) is 0.463. The van der Waals surface area contributed by atoms with Gasteiger partial charge < -0.3 is 5.11 Å². The predicted octanol–water partition coefficient (Wildman–Crippen LogP) is 0.884. The zero-order valence-corrected chi connectivity index (χ0v) is 8.12. The maximum absolute atomic E-state index is 9.76. The van der Waals surface area contributed by atoms with Gasteiger partial charge in [-0.05, 0) is 6.92 Å². The van der Waals surface area contributed by atoms with Gasteiger partial charge in [0.1, 0.15) is 0 Å². The molecular weight excluding hydrogens is 162 g/mol. The maximum atomic E-state index is 9.76. The van der Waals surface area contributed by atoms with E-state index < -0.39 is 10.3 Å². The number of halogens is 2. The fourth-order valence-corrected chi connectivity index (χ4v) is 0. The SMILES string of the molecule is CC(Cl)(Cl)C(=O)O.[Na]. The molecule has 0 aliphatic rings. The number of aliphatic carboxylic acids is 1. The summed E-state index contributed by atoms with van der Waals surface area (Å²) in [6, 6.07) is 0. The average Bonchev–Trinajstić information content (AvgIpc) is 1.31. The molecule has 0 rings (SSSR count). The van der Waals surface area contributed by atoms with Crippen molar-refractivity contribution in [1.82, 2.24) is 0 Å². The first-order chi connectivity index (χ1) is 2.94. The number of hydrogen-bond donors (Lipinski definition) is 1. The summed E-state index contributed by atoms with van der Waals surface area (Å²) in [7, 11) is 0. The molecule has 1 radical (unpaired) electrons. The fourth-order valence-electron chi connectivity index (χ4n) is 0. The van der Waals surface area contributed by atoms with Crippen LogP contribution in [-0.2, 0) is 4.79 Å². The van der Waals surface area contributed by atoms with Crippen LogP contribution >= 0.6 is 23.2 Å². The summed E-state index contributed by atoms with van der Waals surface area (Å²) in [5.41, 5.74) is 0. The largest absolute Gasteiger partial charge is 0.479 e. The molecule has 0 unspecified atom stereocenters. The van der Waals surface area contributed by atoms with Crippen LogP contribution in [0.2, 0.25) is 0 Å². The Morgan fingerprint density at radius 2 is 1.75 bits per heavy atom. The molecule has 0 saturated heterocycles. The van der Waals surface area contributed by atoms with Gasteiger partial charge in [-0.1, -0.05) is 23.2 Å². The molecule has 0 fully saturated rings. The number of alkyl halides is 2. The van der Waals surface area contributed by atoms with Gasteiger partial charge in [-0.3, -0.25) is 0 Å². The molecule has 0 aromatic heterocycles. The summed E-state index contributed by atoms with van der Waals surface area (Å²) < 4.78 is -1.64. The van der Waals surface area contributed by atoms with Gasteiger partial charge in [-0.2, -0.15) is 0 Å². The molecule has 0 aromatic rings. The Balaban J connectivity index is 0. The zero-order chi connectivity index (χ0) is 6.08. The van der Waals surface area contributed by atoms with E-state index in [0.717, 1.165) is 0 Å². The van der Waals surface area contributed by atoms with Crippen LogP contribution in [0.5, 0.6) is 0 Å². The van der Waals surface area contributed by atoms with Crippen LogP contribution in [0.25, 0.3) is 0 Å². The minimum atomic E-state index is -1.64. The van der Waals surface area contributed by atoms with Crippen LogP contribution < -0.4 is 0 Å². The smallest absolute Gasteiger partial charge is 0.339 e. The van der Waals surface area contributed by atoms with E-state index in [2.05, 4.69) is 0 Å². The molecule has 0 aliphatic carbocycles. The van der Waals surface area contributed by atoms with E-state index in [4.69, 9.17) is 28.3 Å². The summed E-state index contributed by atoms with van der Waals surface area (Å²) in [6.07, 6.45) is 0. The number of rotatable bonds is 1. The molecule has 0 heterocycles. The van der Waals surface area contributed by atoms with Crippen LogP contribution in [0.1, 0.15) is 6.92 Å². The molecule has 2 nitrogen and oxygen atoms in total. The standard InChI is InChI=1S/C3H4Cl2O2.Na/c1-3(4,5)2(6)7;/h1H3,(H,6,7);. The van der Waals surface area contributed by atoms with Gasteiger partial charge >= 0.3 is 5.97 Å². The Bertz CT molecular complexity index is 87.8. The third kappa shape index (κ3) is 5.19. The number of carbonyl (C=O) groups is 1. The number of carboxylic acid groups (broad SMARTS) is 1. The van der Waals surface area contributed by atoms with Gasteiger partial charge in [0.2, 0.25) is 4.33 Å². The van der Waals surface area contributed by atoms with Gasteiger partial charge in [0.15, 0.2) is 0 Å². The molecule has 0 saturated carbocycles. The Kier molecular flexibility index (Phi) is 5.84. The van der Waals surface area contributed by atoms with Gasteiger partial charge in [0, 0.05) is 29.6 Å². The van der Waals surface area contributed by atoms with Crippen molar-refractivity contribution in [2.24, 2.45) is 0 Å². The minimum absolute atomic E-state index is 0. The molecular formula is C3H4Cl2NaO2. The molecule has 0 amide bonds. The second-order valence-electron chi connectivity index (χ2n) is 1.19. The molecule has 0 bridgehead atoms. The molecule has 0 aromatic carbocycles. The van der Waals surface area contributed by atoms with Crippen LogP contribution in [-0.4, -0.2) is 45.0 Å². The monoisotopic (exact) mass is 165 g/mol. The third-order valence-electron chi connectivity index (χ3n) is 0.376. The maximum Gasteiger partial charge on any atom is 0.339 e. The molecule has 1 N–H and O–H groups in total. The van der Waals surface area contributed by atoms with Crippen molar-refractivity contribution in [1.29, 1.82) is 0 Å². The summed E-state index contributed by atoms with van der Waals surface area (Å²) >= 11 is 10.1. The van der Waals surface area contributed by atoms with E-state index in [-0.39, 0.29) is 29.6 Å². The van der Waals surface area contributed by atoms with Crippen molar-refractivity contribution < 1.29 is 9.90 Å². The van der Waals surface area contributed by atoms with Crippen LogP contribution in [0.3, 0.4) is 0 Å². The van der Waals surface area contributed by atoms with E-state index in [1.165, 1.54) is 6.92 Å². The first-order valence-electron chi connectivity index (χ1n) is 1.56. The van der Waals surface area contributed by atoms with E-state index in [9.17, 15) is 4.79 Å². The first kappa shape index (κ1) is 11.8. The number of carboxylic acids is 1. The summed E-state index contributed by atoms with van der Waals surface area (Å²) in [5.74, 6) is -1.23. The molecule has 8 heavy (non-hydrogen) atoms. The van der Waals surface area contributed by atoms with E-state index in [1.807, 2.05) is 0 Å². The Labute approximate surface area is 79.4 Å². The normalized spacial score (nSPS) is 9.88. The first-order valence-corrected chi connectivity index (χ1v) is 2.31. The summed E-state index contributed by atoms with van der Waals surface area (Å²) in [6.45, 7) is 1.19. The van der Waals surface area contributed by atoms with Gasteiger partial charge in [-0.15, -0.1) is 0 Å². The van der Waals surface area contributed by atoms with E-state index in [0.29, 0.717) is 0 Å². The van der Waals surface area contributed by atoms with Crippen molar-refractivity contribution in [3.05, 3.63) is 0 Å². The Hall–Kier alpha value is 1.05. The van der Waals surface area contributed by atoms with Gasteiger partial charge in [-0.25, -0.2) is 4.79 Å². The van der Waals surface area contributed by atoms with E-state index >= 15 is 0 Å². The third-order valence-corrected chi connectivity index (χ3v) is 0.699. The summed E-state index contributed by atoms with van der Waals surface area (Å²) in [5, 5.41) is 7.99. The van der Waals surface area contributed by atoms with Crippen molar-refractivity contribution in [2.75, 3.05) is 0 Å². The van der Waals surface area contributed by atoms with Crippen molar-refractivity contribution in [3.8, 4) is 0 Å². The van der Waals surface area contributed by atoms with Crippen molar-refractivity contribution >= 4 is 58.7 Å². The molecule has 0 atom stereocenters. The molecule has 5 heteroatoms. The second-order valence-corrected chi connectivity index (χ2v) is 2.90. The average molecular weight is 166 g/mol. The fraction of sp³-hybridized carbons (Fsp3) is 0.667. The molecule has 43 valence electrons. The second kappa shape index (κ2) is 3.96. The summed E-state index contributed by atoms with van der Waals surface area (Å²) in [4.78, 5) is 9.76. The van der Waals surface area contributed by atoms with Crippen LogP contribution in [0.15, 0.2) is 0 Å². The van der Waals surface area contributed by atoms with Gasteiger partial charge in [0.05, 0.1) is 0 Å². The Morgan fingerprint density at radius 1 is 1.62 bits per heavy atom. The zero-order valence-electron chi connectivity index (χ0n) is 4.61. The van der Waals surface area contributed by atoms with E-state index in [1.54, 1.807) is 0 Å². The van der Waals surface area contributed by atoms with Gasteiger partial charge in [0.25, 0.3) is 0 Å². The van der Waals surface area contributed by atoms with Crippen LogP contribution in [0.4, 0.5) is 0 Å².